The molecule has 3 rings (SSSR count). The summed E-state index contributed by atoms with van der Waals surface area (Å²) in [5.41, 5.74) is 1.28. The van der Waals surface area contributed by atoms with Gasteiger partial charge in [-0.25, -0.2) is 0 Å². The van der Waals surface area contributed by atoms with Crippen LogP contribution >= 0.6 is 0 Å². The van der Waals surface area contributed by atoms with E-state index in [9.17, 15) is 0 Å². The molecule has 0 unspecified atom stereocenters. The van der Waals surface area contributed by atoms with Crippen molar-refractivity contribution in [2.75, 3.05) is 40.1 Å². The van der Waals surface area contributed by atoms with Gasteiger partial charge in [-0.2, -0.15) is 0 Å². The Balaban J connectivity index is 1.67. The lowest BCUT2D eigenvalue weighted by molar-refractivity contribution is -0.00621. The molecule has 2 aliphatic heterocycles. The monoisotopic (exact) mass is 306 g/mol. The van der Waals surface area contributed by atoms with Gasteiger partial charge in [-0.3, -0.25) is 9.88 Å². The Bertz CT molecular complexity index is 437. The van der Waals surface area contributed by atoms with Crippen LogP contribution in [0, 0.1) is 0 Å². The van der Waals surface area contributed by atoms with Gasteiger partial charge in [-0.05, 0) is 30.9 Å². The molecule has 22 heavy (non-hydrogen) atoms. The first-order valence-corrected chi connectivity index (χ1v) is 8.21. The van der Waals surface area contributed by atoms with Gasteiger partial charge in [0.05, 0.1) is 25.9 Å². The summed E-state index contributed by atoms with van der Waals surface area (Å²) in [6.07, 6.45) is 7.28. The van der Waals surface area contributed by atoms with Crippen molar-refractivity contribution < 1.29 is 14.2 Å². The van der Waals surface area contributed by atoms with Crippen molar-refractivity contribution >= 4 is 0 Å². The maximum Gasteiger partial charge on any atom is 0.0746 e. The van der Waals surface area contributed by atoms with Crippen molar-refractivity contribution in [2.45, 2.75) is 37.5 Å². The van der Waals surface area contributed by atoms with Crippen molar-refractivity contribution in [3.63, 3.8) is 0 Å². The van der Waals surface area contributed by atoms with Gasteiger partial charge in [0.15, 0.2) is 0 Å². The van der Waals surface area contributed by atoms with Crippen LogP contribution in [-0.2, 0) is 20.6 Å². The van der Waals surface area contributed by atoms with Crippen LogP contribution < -0.4 is 0 Å². The molecular formula is C17H26N2O3. The van der Waals surface area contributed by atoms with Gasteiger partial charge >= 0.3 is 0 Å². The molecule has 1 aromatic heterocycles. The van der Waals surface area contributed by atoms with Crippen LogP contribution in [0.2, 0.25) is 0 Å². The molecule has 1 aromatic rings. The summed E-state index contributed by atoms with van der Waals surface area (Å²) in [5, 5.41) is 0. The zero-order chi connectivity index (χ0) is 15.2. The highest BCUT2D eigenvalue weighted by molar-refractivity contribution is 5.12. The quantitative estimate of drug-likeness (QED) is 0.715. The summed E-state index contributed by atoms with van der Waals surface area (Å²) in [4.78, 5) is 6.84. The van der Waals surface area contributed by atoms with Crippen molar-refractivity contribution in [1.29, 1.82) is 0 Å². The van der Waals surface area contributed by atoms with Crippen LogP contribution in [0.3, 0.4) is 0 Å². The van der Waals surface area contributed by atoms with Crippen molar-refractivity contribution in [1.82, 2.24) is 9.88 Å². The molecule has 2 aliphatic rings. The summed E-state index contributed by atoms with van der Waals surface area (Å²) < 4.78 is 16.8. The molecule has 0 radical (unpaired) electrons. The molecule has 0 amide bonds. The van der Waals surface area contributed by atoms with E-state index in [1.165, 1.54) is 5.56 Å². The average Bonchev–Trinajstić information content (AvgIpc) is 3.19. The highest BCUT2D eigenvalue weighted by atomic mass is 16.5. The van der Waals surface area contributed by atoms with Crippen LogP contribution in [-0.4, -0.2) is 68.2 Å². The molecule has 0 aromatic carbocycles. The molecule has 2 saturated heterocycles. The Hall–Kier alpha value is -1.01. The molecule has 2 fully saturated rings. The van der Waals surface area contributed by atoms with E-state index in [0.717, 1.165) is 39.0 Å². The van der Waals surface area contributed by atoms with Gasteiger partial charge < -0.3 is 14.2 Å². The highest BCUT2D eigenvalue weighted by Gasteiger charge is 2.39. The number of ether oxygens (including phenoxy) is 3. The molecule has 3 atom stereocenters. The summed E-state index contributed by atoms with van der Waals surface area (Å²) in [6, 6.07) is 5.11. The maximum absolute atomic E-state index is 6.09. The predicted octanol–water partition coefficient (Wildman–Crippen LogP) is 1.52. The number of hydrogen-bond donors (Lipinski definition) is 0. The third-order valence-electron chi connectivity index (χ3n) is 4.69. The van der Waals surface area contributed by atoms with Gasteiger partial charge in [0.2, 0.25) is 0 Å². The Morgan fingerprint density at radius 3 is 3.05 bits per heavy atom. The number of hydrogen-bond acceptors (Lipinski definition) is 5. The fraction of sp³-hybridized carbons (Fsp3) is 0.706. The lowest BCUT2D eigenvalue weighted by atomic mass is 10.0. The predicted molar refractivity (Wildman–Crippen MR) is 83.9 cm³/mol. The fourth-order valence-corrected chi connectivity index (χ4v) is 3.57. The van der Waals surface area contributed by atoms with E-state index >= 15 is 0 Å². The van der Waals surface area contributed by atoms with Crippen molar-refractivity contribution in [3.05, 3.63) is 30.1 Å². The van der Waals surface area contributed by atoms with Crippen molar-refractivity contribution in [2.24, 2.45) is 0 Å². The molecule has 5 nitrogen and oxygen atoms in total. The normalized spacial score (nSPS) is 29.2. The van der Waals surface area contributed by atoms with E-state index in [1.807, 2.05) is 18.5 Å². The number of methoxy groups -OCH3 is 1. The Morgan fingerprint density at radius 2 is 2.32 bits per heavy atom. The van der Waals surface area contributed by atoms with Crippen LogP contribution in [0.1, 0.15) is 18.4 Å². The lowest BCUT2D eigenvalue weighted by Gasteiger charge is -2.32. The van der Waals surface area contributed by atoms with Crippen LogP contribution in [0.4, 0.5) is 0 Å². The molecule has 0 spiro atoms. The van der Waals surface area contributed by atoms with Gasteiger partial charge in [0, 0.05) is 44.7 Å². The molecule has 122 valence electrons. The number of rotatable bonds is 7. The fourth-order valence-electron chi connectivity index (χ4n) is 3.57. The summed E-state index contributed by atoms with van der Waals surface area (Å²) in [7, 11) is 1.72. The number of pyridine rings is 1. The summed E-state index contributed by atoms with van der Waals surface area (Å²) in [5.74, 6) is 0. The SMILES string of the molecule is COCCO[C@H]1CCN([C@@H]2CCOC2)[C@H]1Cc1cccnc1. The standard InChI is InChI=1S/C17H26N2O3/c1-20-9-10-22-17-4-7-19(15-5-8-21-13-15)16(17)11-14-3-2-6-18-12-14/h2-3,6,12,15-17H,4-5,7-11,13H2,1H3/t15-,16+,17+/m1/s1. The summed E-state index contributed by atoms with van der Waals surface area (Å²) in [6.45, 7) is 4.16. The van der Waals surface area contributed by atoms with E-state index < -0.39 is 0 Å². The third-order valence-corrected chi connectivity index (χ3v) is 4.69. The second-order valence-electron chi connectivity index (χ2n) is 6.08. The Kier molecular flexibility index (Phi) is 5.78. The molecule has 5 heteroatoms. The summed E-state index contributed by atoms with van der Waals surface area (Å²) >= 11 is 0. The average molecular weight is 306 g/mol. The lowest BCUT2D eigenvalue weighted by Crippen LogP contribution is -2.44. The topological polar surface area (TPSA) is 43.8 Å². The minimum Gasteiger partial charge on any atom is -0.382 e. The van der Waals surface area contributed by atoms with Crippen LogP contribution in [0.5, 0.6) is 0 Å². The van der Waals surface area contributed by atoms with Crippen molar-refractivity contribution in [3.8, 4) is 0 Å². The first kappa shape index (κ1) is 15.9. The maximum atomic E-state index is 6.09. The molecule has 0 aliphatic carbocycles. The largest absolute Gasteiger partial charge is 0.382 e. The van der Waals surface area contributed by atoms with E-state index in [-0.39, 0.29) is 6.10 Å². The minimum atomic E-state index is 0.274. The second-order valence-corrected chi connectivity index (χ2v) is 6.08. The molecule has 3 heterocycles. The first-order valence-electron chi connectivity index (χ1n) is 8.21. The van der Waals surface area contributed by atoms with Gasteiger partial charge in [-0.15, -0.1) is 0 Å². The smallest absolute Gasteiger partial charge is 0.0746 e. The zero-order valence-corrected chi connectivity index (χ0v) is 13.3. The Labute approximate surface area is 132 Å². The molecular weight excluding hydrogens is 280 g/mol. The molecule has 0 saturated carbocycles. The number of aromatic nitrogens is 1. The second kappa shape index (κ2) is 8.02. The van der Waals surface area contributed by atoms with E-state index in [4.69, 9.17) is 14.2 Å². The first-order chi connectivity index (χ1) is 10.9. The van der Waals surface area contributed by atoms with Gasteiger partial charge in [-0.1, -0.05) is 6.07 Å². The van der Waals surface area contributed by atoms with Gasteiger partial charge in [0.25, 0.3) is 0 Å². The van der Waals surface area contributed by atoms with Crippen LogP contribution in [0.25, 0.3) is 0 Å². The van der Waals surface area contributed by atoms with Crippen LogP contribution in [0.15, 0.2) is 24.5 Å². The number of likely N-dealkylation sites (tertiary alicyclic amines) is 1. The van der Waals surface area contributed by atoms with E-state index in [1.54, 1.807) is 7.11 Å². The molecule has 0 bridgehead atoms. The third kappa shape index (κ3) is 3.84. The Morgan fingerprint density at radius 1 is 1.36 bits per heavy atom. The number of nitrogens with zero attached hydrogens (tertiary/aromatic N) is 2. The highest BCUT2D eigenvalue weighted by Crippen LogP contribution is 2.29. The minimum absolute atomic E-state index is 0.274. The zero-order valence-electron chi connectivity index (χ0n) is 13.3. The van der Waals surface area contributed by atoms with Gasteiger partial charge in [0.1, 0.15) is 0 Å². The van der Waals surface area contributed by atoms with E-state index in [0.29, 0.717) is 25.3 Å². The molecule has 0 N–H and O–H groups in total. The van der Waals surface area contributed by atoms with E-state index in [2.05, 4.69) is 16.0 Å².